The van der Waals surface area contributed by atoms with E-state index in [9.17, 15) is 0 Å². The molecular weight excluding hydrogens is 232 g/mol. The van der Waals surface area contributed by atoms with Gasteiger partial charge in [-0.1, -0.05) is 20.3 Å². The predicted molar refractivity (Wildman–Crippen MR) is 80.3 cm³/mol. The van der Waals surface area contributed by atoms with Gasteiger partial charge in [-0.2, -0.15) is 0 Å². The Balaban J connectivity index is 1.96. The fraction of sp³-hybridized carbons (Fsp3) is 0.765. The number of fused-ring (bicyclic) bond motifs is 1. The summed E-state index contributed by atoms with van der Waals surface area (Å²) in [5, 5.41) is 0. The van der Waals surface area contributed by atoms with Gasteiger partial charge in [-0.05, 0) is 62.5 Å². The number of aryl methyl sites for hydroxylation is 1. The van der Waals surface area contributed by atoms with Crippen LogP contribution in [0.15, 0.2) is 6.07 Å². The highest BCUT2D eigenvalue weighted by atomic mass is 15.0. The van der Waals surface area contributed by atoms with Crippen LogP contribution >= 0.6 is 0 Å². The van der Waals surface area contributed by atoms with Crippen LogP contribution in [-0.4, -0.2) is 4.57 Å². The molecule has 2 heteroatoms. The van der Waals surface area contributed by atoms with Gasteiger partial charge in [0, 0.05) is 23.5 Å². The van der Waals surface area contributed by atoms with Crippen molar-refractivity contribution < 1.29 is 0 Å². The highest BCUT2D eigenvalue weighted by molar-refractivity contribution is 5.33. The van der Waals surface area contributed by atoms with E-state index in [0.29, 0.717) is 11.5 Å². The van der Waals surface area contributed by atoms with Crippen molar-refractivity contribution in [2.24, 2.45) is 11.1 Å². The van der Waals surface area contributed by atoms with E-state index < -0.39 is 0 Å². The normalized spacial score (nSPS) is 30.1. The zero-order valence-corrected chi connectivity index (χ0v) is 12.7. The monoisotopic (exact) mass is 260 g/mol. The van der Waals surface area contributed by atoms with E-state index in [1.54, 1.807) is 5.69 Å². The molecule has 1 heterocycles. The first kappa shape index (κ1) is 13.2. The van der Waals surface area contributed by atoms with Crippen molar-refractivity contribution >= 4 is 0 Å². The number of aromatic nitrogens is 1. The zero-order chi connectivity index (χ0) is 13.6. The van der Waals surface area contributed by atoms with Gasteiger partial charge in [-0.25, -0.2) is 0 Å². The SMILES string of the molecule is Cc1cc2c(n1C1CCCC(C)(C)C1)CCCC2N. The minimum Gasteiger partial charge on any atom is -0.346 e. The van der Waals surface area contributed by atoms with Crippen LogP contribution in [0, 0.1) is 12.3 Å². The molecule has 19 heavy (non-hydrogen) atoms. The molecule has 2 unspecified atom stereocenters. The number of nitrogens with two attached hydrogens (primary N) is 1. The molecule has 2 aliphatic carbocycles. The van der Waals surface area contributed by atoms with Gasteiger partial charge in [0.15, 0.2) is 0 Å². The Bertz CT molecular complexity index is 470. The summed E-state index contributed by atoms with van der Waals surface area (Å²) in [6.07, 6.45) is 9.07. The van der Waals surface area contributed by atoms with E-state index in [4.69, 9.17) is 5.73 Å². The summed E-state index contributed by atoms with van der Waals surface area (Å²) in [5.74, 6) is 0. The Kier molecular flexibility index (Phi) is 3.24. The van der Waals surface area contributed by atoms with Gasteiger partial charge in [-0.3, -0.25) is 0 Å². The van der Waals surface area contributed by atoms with Crippen LogP contribution < -0.4 is 5.73 Å². The molecule has 2 N–H and O–H groups in total. The van der Waals surface area contributed by atoms with Crippen molar-refractivity contribution in [3.8, 4) is 0 Å². The number of hydrogen-bond acceptors (Lipinski definition) is 1. The summed E-state index contributed by atoms with van der Waals surface area (Å²) in [6, 6.07) is 3.35. The number of nitrogens with zero attached hydrogens (tertiary/aromatic N) is 1. The number of hydrogen-bond donors (Lipinski definition) is 1. The molecule has 0 radical (unpaired) electrons. The summed E-state index contributed by atoms with van der Waals surface area (Å²) in [6.45, 7) is 7.12. The highest BCUT2D eigenvalue weighted by Crippen LogP contribution is 2.43. The van der Waals surface area contributed by atoms with E-state index in [1.807, 2.05) is 0 Å². The molecule has 2 aliphatic rings. The molecular formula is C17H28N2. The van der Waals surface area contributed by atoms with Gasteiger partial charge in [0.2, 0.25) is 0 Å². The largest absolute Gasteiger partial charge is 0.346 e. The van der Waals surface area contributed by atoms with Gasteiger partial charge in [0.1, 0.15) is 0 Å². The first-order valence-corrected chi connectivity index (χ1v) is 7.94. The summed E-state index contributed by atoms with van der Waals surface area (Å²) in [5.41, 5.74) is 11.2. The van der Waals surface area contributed by atoms with E-state index >= 15 is 0 Å². The molecule has 1 aromatic rings. The Labute approximate surface area is 117 Å². The molecule has 0 spiro atoms. The van der Waals surface area contributed by atoms with Crippen molar-refractivity contribution in [3.05, 3.63) is 23.0 Å². The second-order valence-corrected chi connectivity index (χ2v) is 7.47. The fourth-order valence-corrected chi connectivity index (χ4v) is 4.35. The average Bonchev–Trinajstić information content (AvgIpc) is 2.66. The van der Waals surface area contributed by atoms with Crippen molar-refractivity contribution in [2.75, 3.05) is 0 Å². The second kappa shape index (κ2) is 4.66. The first-order valence-electron chi connectivity index (χ1n) is 7.94. The third kappa shape index (κ3) is 2.35. The molecule has 0 amide bonds. The van der Waals surface area contributed by atoms with Crippen LogP contribution in [0.1, 0.15) is 81.4 Å². The summed E-state index contributed by atoms with van der Waals surface area (Å²) >= 11 is 0. The van der Waals surface area contributed by atoms with Crippen molar-refractivity contribution in [3.63, 3.8) is 0 Å². The lowest BCUT2D eigenvalue weighted by Crippen LogP contribution is -2.27. The Morgan fingerprint density at radius 2 is 2.05 bits per heavy atom. The molecule has 2 nitrogen and oxygen atoms in total. The highest BCUT2D eigenvalue weighted by Gasteiger charge is 2.32. The lowest BCUT2D eigenvalue weighted by Gasteiger charge is -2.38. The maximum Gasteiger partial charge on any atom is 0.0341 e. The summed E-state index contributed by atoms with van der Waals surface area (Å²) in [4.78, 5) is 0. The quantitative estimate of drug-likeness (QED) is 0.803. The van der Waals surface area contributed by atoms with Gasteiger partial charge < -0.3 is 10.3 Å². The van der Waals surface area contributed by atoms with Crippen LogP contribution in [0.25, 0.3) is 0 Å². The van der Waals surface area contributed by atoms with Gasteiger partial charge in [-0.15, -0.1) is 0 Å². The van der Waals surface area contributed by atoms with Crippen molar-refractivity contribution in [1.29, 1.82) is 0 Å². The van der Waals surface area contributed by atoms with Crippen molar-refractivity contribution in [1.82, 2.24) is 4.57 Å². The molecule has 0 bridgehead atoms. The maximum absolute atomic E-state index is 6.30. The topological polar surface area (TPSA) is 30.9 Å². The Morgan fingerprint density at radius 1 is 1.26 bits per heavy atom. The van der Waals surface area contributed by atoms with Crippen LogP contribution in [0.2, 0.25) is 0 Å². The minimum absolute atomic E-state index is 0.278. The average molecular weight is 260 g/mol. The molecule has 0 saturated heterocycles. The van der Waals surface area contributed by atoms with E-state index in [0.717, 1.165) is 6.42 Å². The maximum atomic E-state index is 6.30. The van der Waals surface area contributed by atoms with Crippen molar-refractivity contribution in [2.45, 2.75) is 77.8 Å². The van der Waals surface area contributed by atoms with E-state index in [1.165, 1.54) is 49.8 Å². The van der Waals surface area contributed by atoms with Crippen LogP contribution in [0.3, 0.4) is 0 Å². The second-order valence-electron chi connectivity index (χ2n) is 7.47. The predicted octanol–water partition coefficient (Wildman–Crippen LogP) is 4.27. The Hall–Kier alpha value is -0.760. The third-order valence-electron chi connectivity index (χ3n) is 5.24. The minimum atomic E-state index is 0.278. The lowest BCUT2D eigenvalue weighted by atomic mass is 9.75. The van der Waals surface area contributed by atoms with Gasteiger partial charge in [0.05, 0.1) is 0 Å². The summed E-state index contributed by atoms with van der Waals surface area (Å²) < 4.78 is 2.65. The fourth-order valence-electron chi connectivity index (χ4n) is 4.35. The van der Waals surface area contributed by atoms with Gasteiger partial charge >= 0.3 is 0 Å². The third-order valence-corrected chi connectivity index (χ3v) is 5.24. The molecule has 1 aromatic heterocycles. The van der Waals surface area contributed by atoms with E-state index in [-0.39, 0.29) is 6.04 Å². The van der Waals surface area contributed by atoms with Crippen LogP contribution in [-0.2, 0) is 6.42 Å². The molecule has 0 aliphatic heterocycles. The van der Waals surface area contributed by atoms with Crippen LogP contribution in [0.4, 0.5) is 0 Å². The van der Waals surface area contributed by atoms with E-state index in [2.05, 4.69) is 31.4 Å². The molecule has 0 aromatic carbocycles. The first-order chi connectivity index (χ1) is 8.98. The summed E-state index contributed by atoms with van der Waals surface area (Å²) in [7, 11) is 0. The molecule has 1 saturated carbocycles. The molecule has 2 atom stereocenters. The standard InChI is InChI=1S/C17H28N2/c1-12-10-14-15(18)7-4-8-16(14)19(12)13-6-5-9-17(2,3)11-13/h10,13,15H,4-9,11,18H2,1-3H3. The number of rotatable bonds is 1. The molecule has 3 rings (SSSR count). The molecule has 1 fully saturated rings. The van der Waals surface area contributed by atoms with Gasteiger partial charge in [0.25, 0.3) is 0 Å². The Morgan fingerprint density at radius 3 is 2.79 bits per heavy atom. The lowest BCUT2D eigenvalue weighted by molar-refractivity contribution is 0.179. The smallest absolute Gasteiger partial charge is 0.0341 e. The van der Waals surface area contributed by atoms with Crippen LogP contribution in [0.5, 0.6) is 0 Å². The zero-order valence-electron chi connectivity index (χ0n) is 12.7. The molecule has 106 valence electrons.